The Kier molecular flexibility index (Phi) is 20.2. The summed E-state index contributed by atoms with van der Waals surface area (Å²) in [7, 11) is 6.95. The number of nitrogens with one attached hydrogen (secondary N) is 3. The number of rotatable bonds is 24. The van der Waals surface area contributed by atoms with Gasteiger partial charge in [0, 0.05) is 87.3 Å². The average Bonchev–Trinajstić information content (AvgIpc) is 3.63. The van der Waals surface area contributed by atoms with Crippen LogP contribution in [-0.4, -0.2) is 138 Å². The van der Waals surface area contributed by atoms with Crippen molar-refractivity contribution in [2.75, 3.05) is 59.8 Å². The number of allylic oxidation sites excluding steroid dienone is 1. The number of amides is 4. The largest absolute Gasteiger partial charge is 0.508 e. The first-order valence-electron chi connectivity index (χ1n) is 24.4. The Bertz CT molecular complexity index is 2640. The van der Waals surface area contributed by atoms with Gasteiger partial charge in [0.25, 0.3) is 18.3 Å². The predicted octanol–water partition coefficient (Wildman–Crippen LogP) is 6.81. The van der Waals surface area contributed by atoms with E-state index in [4.69, 9.17) is 9.47 Å². The van der Waals surface area contributed by atoms with Crippen LogP contribution in [0.5, 0.6) is 5.75 Å². The maximum absolute atomic E-state index is 14.5. The molecule has 2 aromatic heterocycles. The summed E-state index contributed by atoms with van der Waals surface area (Å²) in [4.78, 5) is 78.7. The number of hydrogen-bond donors (Lipinski definition) is 4. The maximum atomic E-state index is 14.5. The Morgan fingerprint density at radius 1 is 1.04 bits per heavy atom. The molecule has 0 bridgehead atoms. The van der Waals surface area contributed by atoms with E-state index in [1.165, 1.54) is 41.4 Å². The van der Waals surface area contributed by atoms with Crippen molar-refractivity contribution in [2.45, 2.75) is 92.0 Å². The summed E-state index contributed by atoms with van der Waals surface area (Å²) < 4.78 is 13.2. The van der Waals surface area contributed by atoms with Crippen LogP contribution < -0.4 is 16.1 Å². The van der Waals surface area contributed by atoms with Gasteiger partial charge in [0.05, 0.1) is 24.0 Å². The molecule has 0 aliphatic carbocycles. The quantitative estimate of drug-likeness (QED) is 0.0327. The molecule has 1 fully saturated rings. The van der Waals surface area contributed by atoms with Crippen molar-refractivity contribution in [1.82, 2.24) is 35.1 Å². The molecule has 3 unspecified atom stereocenters. The number of nitrogens with zero attached hydrogens (tertiary/aromatic N) is 6. The number of carbonyl (C=O) groups excluding carboxylic acids is 5. The first kappa shape index (κ1) is 56.0. The number of fused-ring (bicyclic) bond motifs is 1. The zero-order valence-electron chi connectivity index (χ0n) is 43.5. The van der Waals surface area contributed by atoms with E-state index in [1.807, 2.05) is 77.9 Å². The Balaban J connectivity index is 1.50. The fourth-order valence-corrected chi connectivity index (χ4v) is 8.87. The van der Waals surface area contributed by atoms with E-state index in [0.717, 1.165) is 40.6 Å². The summed E-state index contributed by atoms with van der Waals surface area (Å²) >= 11 is 0. The molecule has 17 nitrogen and oxygen atoms in total. The van der Waals surface area contributed by atoms with E-state index in [1.54, 1.807) is 37.6 Å². The van der Waals surface area contributed by atoms with Crippen molar-refractivity contribution in [2.24, 2.45) is 16.3 Å². The second-order valence-electron chi connectivity index (χ2n) is 19.5. The van der Waals surface area contributed by atoms with Crippen molar-refractivity contribution >= 4 is 59.1 Å². The molecule has 0 radical (unpaired) electrons. The molecule has 0 spiro atoms. The Hall–Kier alpha value is -6.95. The van der Waals surface area contributed by atoms with Crippen molar-refractivity contribution in [3.8, 4) is 16.9 Å². The lowest BCUT2D eigenvalue weighted by Gasteiger charge is -2.34. The monoisotopic (exact) mass is 988 g/mol. The standard InChI is InChI=1S/C55H73N9O8/c1-12-22-56-45(37(5)71-11)31-48-44(32-55(6,7)34-72-35-65)43-30-39(18-20-47(43)63(48)13-2)41-26-38(27-42(66)29-41)28-46(54(70)64-25-15-14-23-58-64)59-52(68)51(36(3)4)62(10)53(69)40-19-21-49(57-33-40)60-50(67)17-16-24-61(8)9/h12,16-22,26-27,29-31,33,35-37,46,51,58,66H,1,13-15,23-25,28,32,34H2,2-11H3,(H,59,68)(H,57,60,67)/b17-16+,45-31+,56-22?. The number of aryl methyl sites for hydroxylation is 1. The molecule has 5 rings (SSSR count). The van der Waals surface area contributed by atoms with Gasteiger partial charge in [-0.1, -0.05) is 58.6 Å². The Morgan fingerprint density at radius 3 is 2.43 bits per heavy atom. The highest BCUT2D eigenvalue weighted by molar-refractivity contribution is 6.00. The number of hydrazine groups is 1. The molecule has 4 aromatic rings. The first-order valence-corrected chi connectivity index (χ1v) is 24.4. The Morgan fingerprint density at radius 2 is 1.81 bits per heavy atom. The highest BCUT2D eigenvalue weighted by atomic mass is 16.5. The van der Waals surface area contributed by atoms with Crippen LogP contribution in [0.25, 0.3) is 28.1 Å². The van der Waals surface area contributed by atoms with Crippen molar-refractivity contribution in [3.05, 3.63) is 108 Å². The van der Waals surface area contributed by atoms with E-state index < -0.39 is 29.3 Å². The molecule has 1 aliphatic heterocycles. The van der Waals surface area contributed by atoms with Crippen LogP contribution >= 0.6 is 0 Å². The second-order valence-corrected chi connectivity index (χ2v) is 19.5. The topological polar surface area (TPSA) is 200 Å². The number of phenolic OH excluding ortho intramolecular Hbond substituents is 1. The highest BCUT2D eigenvalue weighted by Crippen LogP contribution is 2.38. The summed E-state index contributed by atoms with van der Waals surface area (Å²) in [6, 6.07) is 12.3. The molecule has 3 atom stereocenters. The molecule has 2 aromatic carbocycles. The van der Waals surface area contributed by atoms with E-state index in [-0.39, 0.29) is 54.0 Å². The number of aliphatic imine (C=N–C) groups is 1. The number of anilines is 1. The summed E-state index contributed by atoms with van der Waals surface area (Å²) in [5.41, 5.74) is 8.60. The van der Waals surface area contributed by atoms with Gasteiger partial charge in [-0.3, -0.25) is 34.0 Å². The molecule has 4 N–H and O–H groups in total. The van der Waals surface area contributed by atoms with Gasteiger partial charge in [0.2, 0.25) is 11.8 Å². The lowest BCUT2D eigenvalue weighted by Crippen LogP contribution is -2.59. The number of benzene rings is 2. The van der Waals surface area contributed by atoms with E-state index >= 15 is 0 Å². The fourth-order valence-electron chi connectivity index (χ4n) is 8.87. The van der Waals surface area contributed by atoms with Crippen molar-refractivity contribution in [3.63, 3.8) is 0 Å². The SMILES string of the molecule is C=CC=N/C(=C/c1c(CC(C)(C)COC=O)c2cc(-c3cc(O)cc(CC(NC(=O)C(C(C)C)N(C)C(=O)c4ccc(NC(=O)/C=C/CN(C)C)nc4)C(=O)N4CCCCN4)c3)ccc2n1CC)C(C)OC. The maximum Gasteiger partial charge on any atom is 0.293 e. The van der Waals surface area contributed by atoms with Crippen LogP contribution in [0, 0.1) is 11.3 Å². The molecule has 4 amide bonds. The van der Waals surface area contributed by atoms with Gasteiger partial charge < -0.3 is 39.6 Å². The molecule has 3 heterocycles. The third-order valence-electron chi connectivity index (χ3n) is 12.5. The zero-order valence-corrected chi connectivity index (χ0v) is 43.5. The first-order chi connectivity index (χ1) is 34.3. The van der Waals surface area contributed by atoms with Crippen molar-refractivity contribution < 1.29 is 38.6 Å². The van der Waals surface area contributed by atoms with E-state index in [2.05, 4.69) is 50.2 Å². The van der Waals surface area contributed by atoms with Gasteiger partial charge in [-0.05, 0) is 118 Å². The molecular weight excluding hydrogens is 915 g/mol. The van der Waals surface area contributed by atoms with Gasteiger partial charge in [0.1, 0.15) is 23.7 Å². The van der Waals surface area contributed by atoms with Crippen molar-refractivity contribution in [1.29, 1.82) is 0 Å². The minimum absolute atomic E-state index is 0.0259. The lowest BCUT2D eigenvalue weighted by molar-refractivity contribution is -0.141. The van der Waals surface area contributed by atoms with Gasteiger partial charge in [-0.15, -0.1) is 0 Å². The number of methoxy groups -OCH3 is 1. The molecule has 72 heavy (non-hydrogen) atoms. The van der Waals surface area contributed by atoms with Crippen LogP contribution in [0.1, 0.15) is 81.6 Å². The summed E-state index contributed by atoms with van der Waals surface area (Å²) in [5, 5.41) is 19.5. The normalized spacial score (nSPS) is 14.7. The van der Waals surface area contributed by atoms with E-state index in [0.29, 0.717) is 55.9 Å². The van der Waals surface area contributed by atoms with Crippen LogP contribution in [0.15, 0.2) is 90.2 Å². The van der Waals surface area contributed by atoms with Gasteiger partial charge >= 0.3 is 0 Å². The number of ether oxygens (including phenoxy) is 2. The summed E-state index contributed by atoms with van der Waals surface area (Å²) in [6.07, 6.45) is 11.7. The molecule has 17 heteroatoms. The number of aromatic nitrogens is 2. The number of phenols is 1. The second kappa shape index (κ2) is 26.0. The lowest BCUT2D eigenvalue weighted by atomic mass is 9.85. The minimum atomic E-state index is -1.08. The van der Waals surface area contributed by atoms with Crippen LogP contribution in [0.2, 0.25) is 0 Å². The molecule has 1 saturated heterocycles. The number of aromatic hydroxyl groups is 1. The fraction of sp³-hybridized carbons (Fsp3) is 0.436. The third-order valence-corrected chi connectivity index (χ3v) is 12.5. The van der Waals surface area contributed by atoms with Gasteiger partial charge in [0.15, 0.2) is 0 Å². The average molecular weight is 988 g/mol. The zero-order chi connectivity index (χ0) is 52.7. The molecular formula is C55H73N9O8. The van der Waals surface area contributed by atoms with Crippen LogP contribution in [0.3, 0.4) is 0 Å². The number of hydrogen-bond acceptors (Lipinski definition) is 12. The van der Waals surface area contributed by atoms with Crippen LogP contribution in [0.4, 0.5) is 5.82 Å². The summed E-state index contributed by atoms with van der Waals surface area (Å²) in [6.45, 7) is 18.5. The van der Waals surface area contributed by atoms with E-state index in [9.17, 15) is 29.1 Å². The van der Waals surface area contributed by atoms with Gasteiger partial charge in [-0.25, -0.2) is 10.4 Å². The predicted molar refractivity (Wildman–Crippen MR) is 283 cm³/mol. The number of pyridine rings is 1. The summed E-state index contributed by atoms with van der Waals surface area (Å²) in [5.74, 6) is -1.84. The minimum Gasteiger partial charge on any atom is -0.508 e. The Labute approximate surface area is 424 Å². The van der Waals surface area contributed by atoms with Gasteiger partial charge in [-0.2, -0.15) is 0 Å². The molecule has 386 valence electrons. The molecule has 1 aliphatic rings. The van der Waals surface area contributed by atoms with Crippen LogP contribution in [-0.2, 0) is 48.0 Å². The molecule has 0 saturated carbocycles. The number of likely N-dealkylation sites (N-methyl/N-ethyl adjacent to an activating group) is 2. The highest BCUT2D eigenvalue weighted by Gasteiger charge is 2.35. The number of carbonyl (C=O) groups is 5. The smallest absolute Gasteiger partial charge is 0.293 e. The third kappa shape index (κ3) is 14.8.